The molecule has 2 nitrogen and oxygen atoms in total. The third-order valence-corrected chi connectivity index (χ3v) is 9.76. The molecule has 1 heterocycles. The molecule has 1 aliphatic rings. The van der Waals surface area contributed by atoms with Crippen molar-refractivity contribution in [3.05, 3.63) is 199 Å². The Morgan fingerprint density at radius 2 is 1.00 bits per heavy atom. The Labute approximate surface area is 281 Å². The van der Waals surface area contributed by atoms with Crippen molar-refractivity contribution in [3.63, 3.8) is 0 Å². The summed E-state index contributed by atoms with van der Waals surface area (Å²) in [4.78, 5) is 0. The molecule has 0 amide bonds. The first kappa shape index (κ1) is 28.3. The zero-order valence-corrected chi connectivity index (χ0v) is 26.5. The molecule has 8 aromatic rings. The molecular weight excluding hydrogens is 581 g/mol. The first-order valence-corrected chi connectivity index (χ1v) is 16.7. The lowest BCUT2D eigenvalue weighted by Crippen LogP contribution is -2.40. The molecule has 2 atom stereocenters. The van der Waals surface area contributed by atoms with Crippen LogP contribution in [0.1, 0.15) is 28.9 Å². The van der Waals surface area contributed by atoms with Gasteiger partial charge in [0.1, 0.15) is 6.17 Å². The monoisotopic (exact) mass is 614 g/mol. The van der Waals surface area contributed by atoms with E-state index >= 15 is 0 Å². The summed E-state index contributed by atoms with van der Waals surface area (Å²) in [7, 11) is 0. The molecule has 2 N–H and O–H groups in total. The molecule has 0 saturated heterocycles. The van der Waals surface area contributed by atoms with E-state index in [0.29, 0.717) is 0 Å². The summed E-state index contributed by atoms with van der Waals surface area (Å²) in [5, 5.41) is 15.6. The van der Waals surface area contributed by atoms with Crippen LogP contribution in [0.25, 0.3) is 60.3 Å². The highest BCUT2D eigenvalue weighted by Gasteiger charge is 2.28. The lowest BCUT2D eigenvalue weighted by atomic mass is 9.86. The Balaban J connectivity index is 1.25. The maximum absolute atomic E-state index is 4.04. The predicted molar refractivity (Wildman–Crippen MR) is 202 cm³/mol. The Kier molecular flexibility index (Phi) is 7.07. The molecule has 0 aliphatic carbocycles. The second-order valence-corrected chi connectivity index (χ2v) is 12.6. The van der Waals surface area contributed by atoms with Crippen molar-refractivity contribution in [1.82, 2.24) is 10.6 Å². The van der Waals surface area contributed by atoms with Crippen molar-refractivity contribution in [3.8, 4) is 22.3 Å². The Bertz CT molecular complexity index is 2460. The summed E-state index contributed by atoms with van der Waals surface area (Å²) in [5.41, 5.74) is 9.71. The van der Waals surface area contributed by atoms with E-state index in [1.807, 2.05) is 0 Å². The van der Waals surface area contributed by atoms with Crippen LogP contribution < -0.4 is 10.6 Å². The van der Waals surface area contributed by atoms with Gasteiger partial charge in [0.25, 0.3) is 0 Å². The van der Waals surface area contributed by atoms with Crippen molar-refractivity contribution in [2.75, 3.05) is 0 Å². The maximum Gasteiger partial charge on any atom is 0.105 e. The molecule has 0 fully saturated rings. The SMILES string of the molecule is C1=C(c2ccccc2)NC(c2ccccc2-c2c3ccccc3cc3c2ccc2ccccc23)NC1c1ccccc1-c1ccccc1. The summed E-state index contributed by atoms with van der Waals surface area (Å²) in [6.07, 6.45) is 2.19. The molecule has 0 saturated carbocycles. The van der Waals surface area contributed by atoms with Gasteiger partial charge < -0.3 is 5.32 Å². The van der Waals surface area contributed by atoms with Gasteiger partial charge in [-0.3, -0.25) is 5.32 Å². The highest BCUT2D eigenvalue weighted by Crippen LogP contribution is 2.43. The highest BCUT2D eigenvalue weighted by atomic mass is 15.2. The topological polar surface area (TPSA) is 24.1 Å². The van der Waals surface area contributed by atoms with Gasteiger partial charge in [0, 0.05) is 5.70 Å². The van der Waals surface area contributed by atoms with E-state index in [-0.39, 0.29) is 12.2 Å². The molecule has 0 spiro atoms. The van der Waals surface area contributed by atoms with E-state index < -0.39 is 0 Å². The summed E-state index contributed by atoms with van der Waals surface area (Å²) < 4.78 is 0. The van der Waals surface area contributed by atoms with Crippen LogP contribution in [0.3, 0.4) is 0 Å². The van der Waals surface area contributed by atoms with Crippen LogP contribution >= 0.6 is 0 Å². The lowest BCUT2D eigenvalue weighted by Gasteiger charge is -2.35. The van der Waals surface area contributed by atoms with Crippen LogP contribution in [-0.2, 0) is 0 Å². The second-order valence-electron chi connectivity index (χ2n) is 12.6. The zero-order chi connectivity index (χ0) is 31.9. The Hall–Kier alpha value is -5.96. The van der Waals surface area contributed by atoms with Crippen molar-refractivity contribution in [2.24, 2.45) is 0 Å². The van der Waals surface area contributed by atoms with E-state index in [1.165, 1.54) is 71.3 Å². The van der Waals surface area contributed by atoms with Gasteiger partial charge in [-0.15, -0.1) is 0 Å². The van der Waals surface area contributed by atoms with E-state index in [4.69, 9.17) is 0 Å². The number of benzene rings is 8. The summed E-state index contributed by atoms with van der Waals surface area (Å²) in [6, 6.07) is 63.5. The highest BCUT2D eigenvalue weighted by molar-refractivity contribution is 6.20. The first-order valence-electron chi connectivity index (χ1n) is 16.7. The van der Waals surface area contributed by atoms with E-state index in [9.17, 15) is 0 Å². The van der Waals surface area contributed by atoms with Crippen molar-refractivity contribution < 1.29 is 0 Å². The molecule has 0 radical (unpaired) electrons. The molecule has 8 aromatic carbocycles. The average molecular weight is 615 g/mol. The number of fused-ring (bicyclic) bond motifs is 4. The Morgan fingerprint density at radius 3 is 1.79 bits per heavy atom. The van der Waals surface area contributed by atoms with Gasteiger partial charge in [0.15, 0.2) is 0 Å². The predicted octanol–water partition coefficient (Wildman–Crippen LogP) is 11.5. The van der Waals surface area contributed by atoms with Crippen LogP contribution in [0.5, 0.6) is 0 Å². The largest absolute Gasteiger partial charge is 0.366 e. The van der Waals surface area contributed by atoms with Gasteiger partial charge in [0.05, 0.1) is 6.04 Å². The fraction of sp³-hybridized carbons (Fsp3) is 0.0435. The second kappa shape index (κ2) is 12.0. The van der Waals surface area contributed by atoms with Crippen molar-refractivity contribution in [2.45, 2.75) is 12.2 Å². The smallest absolute Gasteiger partial charge is 0.105 e. The van der Waals surface area contributed by atoms with Gasteiger partial charge >= 0.3 is 0 Å². The fourth-order valence-electron chi connectivity index (χ4n) is 7.52. The molecule has 228 valence electrons. The van der Waals surface area contributed by atoms with E-state index in [1.54, 1.807) is 0 Å². The van der Waals surface area contributed by atoms with Gasteiger partial charge in [-0.05, 0) is 83.4 Å². The fourth-order valence-corrected chi connectivity index (χ4v) is 7.52. The summed E-state index contributed by atoms with van der Waals surface area (Å²) in [6.45, 7) is 0. The molecule has 0 aromatic heterocycles. The van der Waals surface area contributed by atoms with Crippen LogP contribution in [0.4, 0.5) is 0 Å². The van der Waals surface area contributed by atoms with Gasteiger partial charge in [0.2, 0.25) is 0 Å². The minimum Gasteiger partial charge on any atom is -0.366 e. The summed E-state index contributed by atoms with van der Waals surface area (Å²) in [5.74, 6) is 0. The minimum atomic E-state index is -0.148. The normalized spacial score (nSPS) is 16.1. The number of nitrogens with one attached hydrogen (secondary N) is 2. The Morgan fingerprint density at radius 1 is 0.396 bits per heavy atom. The van der Waals surface area contributed by atoms with Crippen LogP contribution in [0.2, 0.25) is 0 Å². The molecule has 9 rings (SSSR count). The molecular formula is C46H34N2. The van der Waals surface area contributed by atoms with Crippen LogP contribution in [0, 0.1) is 0 Å². The zero-order valence-electron chi connectivity index (χ0n) is 26.5. The minimum absolute atomic E-state index is 0.0240. The van der Waals surface area contributed by atoms with Gasteiger partial charge in [-0.2, -0.15) is 0 Å². The van der Waals surface area contributed by atoms with E-state index in [0.717, 1.165) is 5.70 Å². The molecule has 48 heavy (non-hydrogen) atoms. The van der Waals surface area contributed by atoms with Crippen molar-refractivity contribution >= 4 is 38.0 Å². The third kappa shape index (κ3) is 4.95. The van der Waals surface area contributed by atoms with Crippen LogP contribution in [-0.4, -0.2) is 0 Å². The lowest BCUT2D eigenvalue weighted by molar-refractivity contribution is 0.444. The maximum atomic E-state index is 4.04. The third-order valence-electron chi connectivity index (χ3n) is 9.76. The average Bonchev–Trinajstić information content (AvgIpc) is 3.17. The number of hydrogen-bond acceptors (Lipinski definition) is 2. The summed E-state index contributed by atoms with van der Waals surface area (Å²) >= 11 is 0. The first-order chi connectivity index (χ1) is 23.8. The standard InChI is InChI=1S/C46H34N2/c1-3-15-31(16-4-1)35-21-11-12-24-38(35)44-30-43(33-18-5-2-6-19-33)47-46(48-44)41-26-14-13-25-39(41)45-37-23-10-8-20-34(37)29-42-36-22-9-7-17-32(36)27-28-40(42)45/h1-30,44,46-48H. The van der Waals surface area contributed by atoms with Gasteiger partial charge in [-0.25, -0.2) is 0 Å². The molecule has 0 bridgehead atoms. The van der Waals surface area contributed by atoms with Crippen molar-refractivity contribution in [1.29, 1.82) is 0 Å². The number of rotatable bonds is 5. The quantitative estimate of drug-likeness (QED) is 0.149. The van der Waals surface area contributed by atoms with Crippen LogP contribution in [0.15, 0.2) is 182 Å². The molecule has 1 aliphatic heterocycles. The van der Waals surface area contributed by atoms with Gasteiger partial charge in [-0.1, -0.05) is 170 Å². The number of hydrogen-bond donors (Lipinski definition) is 2. The van der Waals surface area contributed by atoms with E-state index in [2.05, 4.69) is 193 Å². The molecule has 2 unspecified atom stereocenters. The molecule has 2 heteroatoms.